The smallest absolute Gasteiger partial charge is 0.139 e. The van der Waals surface area contributed by atoms with Gasteiger partial charge in [0.05, 0.1) is 12.2 Å². The van der Waals surface area contributed by atoms with Gasteiger partial charge in [0.25, 0.3) is 0 Å². The van der Waals surface area contributed by atoms with Crippen LogP contribution in [0.5, 0.6) is 0 Å². The Morgan fingerprint density at radius 1 is 0.514 bits per heavy atom. The third-order valence-corrected chi connectivity index (χ3v) is 11.9. The molecule has 5 rings (SSSR count). The predicted octanol–water partition coefficient (Wildman–Crippen LogP) is 8.72. The summed E-state index contributed by atoms with van der Waals surface area (Å²) in [5.74, 6) is 5.29. The third-order valence-electron chi connectivity index (χ3n) is 11.9. The van der Waals surface area contributed by atoms with E-state index in [-0.39, 0.29) is 11.8 Å². The van der Waals surface area contributed by atoms with Crippen LogP contribution in [0, 0.1) is 47.3 Å². The Morgan fingerprint density at radius 3 is 1.68 bits per heavy atom. The minimum absolute atomic E-state index is 0.281. The zero-order chi connectivity index (χ0) is 25.8. The van der Waals surface area contributed by atoms with Crippen molar-refractivity contribution < 1.29 is 14.3 Å². The van der Waals surface area contributed by atoms with Gasteiger partial charge in [0.1, 0.15) is 11.6 Å². The van der Waals surface area contributed by atoms with Crippen LogP contribution in [0.25, 0.3) is 0 Å². The van der Waals surface area contributed by atoms with Gasteiger partial charge in [-0.15, -0.1) is 0 Å². The van der Waals surface area contributed by atoms with Crippen molar-refractivity contribution in [1.82, 2.24) is 0 Å². The summed E-state index contributed by atoms with van der Waals surface area (Å²) < 4.78 is 6.46. The molecule has 37 heavy (non-hydrogen) atoms. The predicted molar refractivity (Wildman–Crippen MR) is 150 cm³/mol. The maximum Gasteiger partial charge on any atom is 0.139 e. The summed E-state index contributed by atoms with van der Waals surface area (Å²) in [6.07, 6.45) is 24.8. The van der Waals surface area contributed by atoms with Crippen molar-refractivity contribution in [2.24, 2.45) is 47.3 Å². The van der Waals surface area contributed by atoms with Crippen LogP contribution in [0.4, 0.5) is 0 Å². The first-order chi connectivity index (χ1) is 18.0. The first kappa shape index (κ1) is 27.9. The average molecular weight is 513 g/mol. The van der Waals surface area contributed by atoms with E-state index in [1.165, 1.54) is 70.6 Å². The van der Waals surface area contributed by atoms with E-state index < -0.39 is 0 Å². The fourth-order valence-corrected chi connectivity index (χ4v) is 9.19. The standard InChI is InChI=1S/C34H56O3/c1-23-8-11-26(12-9-23)33(35)27-16-14-25(15-17-27)29-13-10-24(2)32(22-29)34(36)28-18-20-31(21-19-28)37-30-6-4-3-5-7-30/h23-32H,3-22H2,1-2H3. The molecule has 5 saturated carbocycles. The van der Waals surface area contributed by atoms with E-state index in [9.17, 15) is 9.59 Å². The van der Waals surface area contributed by atoms with Gasteiger partial charge in [-0.3, -0.25) is 9.59 Å². The van der Waals surface area contributed by atoms with Crippen molar-refractivity contribution in [2.75, 3.05) is 0 Å². The van der Waals surface area contributed by atoms with Gasteiger partial charge in [-0.1, -0.05) is 46.0 Å². The van der Waals surface area contributed by atoms with Crippen LogP contribution in [0.2, 0.25) is 0 Å². The van der Waals surface area contributed by atoms with Crippen LogP contribution in [0.3, 0.4) is 0 Å². The lowest BCUT2D eigenvalue weighted by Gasteiger charge is -2.42. The molecule has 0 amide bonds. The van der Waals surface area contributed by atoms with Crippen molar-refractivity contribution in [3.05, 3.63) is 0 Å². The molecule has 210 valence electrons. The van der Waals surface area contributed by atoms with Gasteiger partial charge in [-0.2, -0.15) is 0 Å². The van der Waals surface area contributed by atoms with Crippen LogP contribution < -0.4 is 0 Å². The second kappa shape index (κ2) is 13.1. The van der Waals surface area contributed by atoms with E-state index >= 15 is 0 Å². The normalized spacial score (nSPS) is 42.3. The van der Waals surface area contributed by atoms with Crippen molar-refractivity contribution >= 4 is 11.6 Å². The third kappa shape index (κ3) is 7.09. The molecule has 0 bridgehead atoms. The van der Waals surface area contributed by atoms with Gasteiger partial charge in [0, 0.05) is 23.7 Å². The molecule has 5 aliphatic carbocycles. The van der Waals surface area contributed by atoms with Gasteiger partial charge >= 0.3 is 0 Å². The lowest BCUT2D eigenvalue weighted by molar-refractivity contribution is -0.133. The number of Topliss-reactive ketones (excluding diaryl/α,β-unsaturated/α-hetero) is 2. The molecule has 0 aromatic heterocycles. The van der Waals surface area contributed by atoms with Crippen LogP contribution in [-0.2, 0) is 14.3 Å². The van der Waals surface area contributed by atoms with Crippen LogP contribution >= 0.6 is 0 Å². The van der Waals surface area contributed by atoms with E-state index in [1.807, 2.05) is 0 Å². The number of carbonyl (C=O) groups is 2. The average Bonchev–Trinajstić information content (AvgIpc) is 2.94. The Morgan fingerprint density at radius 2 is 1.03 bits per heavy atom. The monoisotopic (exact) mass is 512 g/mol. The number of ketones is 2. The quantitative estimate of drug-likeness (QED) is 0.342. The van der Waals surface area contributed by atoms with Crippen LogP contribution in [0.1, 0.15) is 142 Å². The van der Waals surface area contributed by atoms with Crippen molar-refractivity contribution in [2.45, 2.75) is 154 Å². The van der Waals surface area contributed by atoms with Crippen molar-refractivity contribution in [1.29, 1.82) is 0 Å². The highest BCUT2D eigenvalue weighted by atomic mass is 16.5. The van der Waals surface area contributed by atoms with Crippen molar-refractivity contribution in [3.8, 4) is 0 Å². The molecular weight excluding hydrogens is 456 g/mol. The molecule has 3 nitrogen and oxygen atoms in total. The number of ether oxygens (including phenoxy) is 1. The summed E-state index contributed by atoms with van der Waals surface area (Å²) in [6.45, 7) is 4.68. The molecule has 3 unspecified atom stereocenters. The molecule has 0 radical (unpaired) electrons. The topological polar surface area (TPSA) is 43.4 Å². The molecule has 3 heteroatoms. The highest BCUT2D eigenvalue weighted by molar-refractivity contribution is 5.84. The first-order valence-corrected chi connectivity index (χ1v) is 16.7. The Labute approximate surface area is 227 Å². The lowest BCUT2D eigenvalue weighted by atomic mass is 9.63. The zero-order valence-electron chi connectivity index (χ0n) is 24.1. The molecular formula is C34H56O3. The lowest BCUT2D eigenvalue weighted by Crippen LogP contribution is -2.39. The Hall–Kier alpha value is -0.700. The largest absolute Gasteiger partial charge is 0.375 e. The van der Waals surface area contributed by atoms with Gasteiger partial charge in [0.2, 0.25) is 0 Å². The minimum atomic E-state index is 0.281. The number of rotatable bonds is 7. The molecule has 0 heterocycles. The Balaban J connectivity index is 1.07. The Bertz CT molecular complexity index is 730. The summed E-state index contributed by atoms with van der Waals surface area (Å²) in [5.41, 5.74) is 0. The molecule has 0 aliphatic heterocycles. The number of hydrogen-bond acceptors (Lipinski definition) is 3. The summed E-state index contributed by atoms with van der Waals surface area (Å²) >= 11 is 0. The first-order valence-electron chi connectivity index (χ1n) is 16.7. The summed E-state index contributed by atoms with van der Waals surface area (Å²) in [5, 5.41) is 0. The van der Waals surface area contributed by atoms with Gasteiger partial charge < -0.3 is 4.74 Å². The van der Waals surface area contributed by atoms with E-state index in [0.29, 0.717) is 47.4 Å². The van der Waals surface area contributed by atoms with Crippen molar-refractivity contribution in [3.63, 3.8) is 0 Å². The van der Waals surface area contributed by atoms with E-state index in [4.69, 9.17) is 4.74 Å². The van der Waals surface area contributed by atoms with Crippen LogP contribution in [-0.4, -0.2) is 23.8 Å². The molecule has 0 aromatic carbocycles. The van der Waals surface area contributed by atoms with E-state index in [0.717, 1.165) is 69.6 Å². The molecule has 0 aromatic rings. The fraction of sp³-hybridized carbons (Fsp3) is 0.941. The maximum atomic E-state index is 13.7. The minimum Gasteiger partial charge on any atom is -0.375 e. The van der Waals surface area contributed by atoms with Gasteiger partial charge in [-0.25, -0.2) is 0 Å². The van der Waals surface area contributed by atoms with E-state index in [1.54, 1.807) is 0 Å². The SMILES string of the molecule is CC1CCC(C(=O)C2CCC(C3CCC(C)C(C(=O)C4CCC(OC5CCCCC5)CC4)C3)CC2)CC1. The molecule has 0 N–H and O–H groups in total. The summed E-state index contributed by atoms with van der Waals surface area (Å²) in [6, 6.07) is 0. The highest BCUT2D eigenvalue weighted by Gasteiger charge is 2.41. The molecule has 0 saturated heterocycles. The Kier molecular flexibility index (Phi) is 9.86. The maximum absolute atomic E-state index is 13.7. The molecule has 3 atom stereocenters. The van der Waals surface area contributed by atoms with Gasteiger partial charge in [-0.05, 0) is 120 Å². The number of carbonyl (C=O) groups excluding carboxylic acids is 2. The summed E-state index contributed by atoms with van der Waals surface area (Å²) in [7, 11) is 0. The second-order valence-corrected chi connectivity index (χ2v) is 14.4. The molecule has 5 fully saturated rings. The summed E-state index contributed by atoms with van der Waals surface area (Å²) in [4.78, 5) is 26.9. The van der Waals surface area contributed by atoms with E-state index in [2.05, 4.69) is 13.8 Å². The zero-order valence-corrected chi connectivity index (χ0v) is 24.1. The van der Waals surface area contributed by atoms with Gasteiger partial charge in [0.15, 0.2) is 0 Å². The fourth-order valence-electron chi connectivity index (χ4n) is 9.19. The second-order valence-electron chi connectivity index (χ2n) is 14.4. The number of hydrogen-bond donors (Lipinski definition) is 0. The molecule has 0 spiro atoms. The highest BCUT2D eigenvalue weighted by Crippen LogP contribution is 2.46. The molecule has 5 aliphatic rings. The van der Waals surface area contributed by atoms with Crippen LogP contribution in [0.15, 0.2) is 0 Å².